The smallest absolute Gasteiger partial charge is 0.305 e. The van der Waals surface area contributed by atoms with Crippen molar-refractivity contribution < 1.29 is 14.7 Å². The predicted molar refractivity (Wildman–Crippen MR) is 74.0 cm³/mol. The van der Waals surface area contributed by atoms with Crippen molar-refractivity contribution in [2.75, 3.05) is 30.8 Å². The molecule has 0 bridgehead atoms. The largest absolute Gasteiger partial charge is 0.481 e. The summed E-state index contributed by atoms with van der Waals surface area (Å²) in [4.78, 5) is 23.8. The highest BCUT2D eigenvalue weighted by atomic mass is 16.4. The van der Waals surface area contributed by atoms with Crippen molar-refractivity contribution in [3.63, 3.8) is 0 Å². The fourth-order valence-electron chi connectivity index (χ4n) is 1.72. The molecular formula is C13H19N3O3. The topological polar surface area (TPSA) is 95.7 Å². The first-order valence-corrected chi connectivity index (χ1v) is 6.06. The van der Waals surface area contributed by atoms with Gasteiger partial charge in [-0.2, -0.15) is 0 Å². The van der Waals surface area contributed by atoms with Crippen molar-refractivity contribution in [3.05, 3.63) is 24.3 Å². The number of aliphatic carboxylic acids is 1. The molecule has 0 aliphatic carbocycles. The normalized spacial score (nSPS) is 9.95. The molecule has 1 rings (SSSR count). The summed E-state index contributed by atoms with van der Waals surface area (Å²) in [7, 11) is 1.57. The second-order valence-electron chi connectivity index (χ2n) is 4.11. The van der Waals surface area contributed by atoms with Crippen LogP contribution in [-0.4, -0.2) is 37.1 Å². The van der Waals surface area contributed by atoms with Crippen molar-refractivity contribution in [3.8, 4) is 0 Å². The lowest BCUT2D eigenvalue weighted by atomic mass is 10.2. The standard InChI is InChI=1S/C13H19N3O3/c1-15-12(17)6-8-16(9-7-13(18)19)11-5-3-2-4-10(11)14/h2-5H,6-9,14H2,1H3,(H,15,17)(H,18,19). The average Bonchev–Trinajstić information content (AvgIpc) is 2.39. The van der Waals surface area contributed by atoms with E-state index in [2.05, 4.69) is 5.32 Å². The van der Waals surface area contributed by atoms with E-state index in [-0.39, 0.29) is 12.3 Å². The second kappa shape index (κ2) is 7.25. The van der Waals surface area contributed by atoms with Crippen molar-refractivity contribution in [1.29, 1.82) is 0 Å². The SMILES string of the molecule is CNC(=O)CCN(CCC(=O)O)c1ccccc1N. The molecule has 1 amide bonds. The number of anilines is 2. The number of nitrogens with zero attached hydrogens (tertiary/aromatic N) is 1. The minimum absolute atomic E-state index is 0.00206. The zero-order valence-corrected chi connectivity index (χ0v) is 10.9. The Balaban J connectivity index is 2.76. The Morgan fingerprint density at radius 2 is 1.89 bits per heavy atom. The van der Waals surface area contributed by atoms with Crippen LogP contribution in [0.1, 0.15) is 12.8 Å². The number of carbonyl (C=O) groups is 2. The Hall–Kier alpha value is -2.24. The fourth-order valence-corrected chi connectivity index (χ4v) is 1.72. The predicted octanol–water partition coefficient (Wildman–Crippen LogP) is 0.686. The lowest BCUT2D eigenvalue weighted by Gasteiger charge is -2.25. The summed E-state index contributed by atoms with van der Waals surface area (Å²) in [6, 6.07) is 7.22. The maximum absolute atomic E-state index is 11.3. The van der Waals surface area contributed by atoms with Crippen LogP contribution in [0.15, 0.2) is 24.3 Å². The van der Waals surface area contributed by atoms with E-state index in [1.807, 2.05) is 23.1 Å². The number of hydrogen-bond acceptors (Lipinski definition) is 4. The number of carboxylic acid groups (broad SMARTS) is 1. The van der Waals surface area contributed by atoms with E-state index in [4.69, 9.17) is 10.8 Å². The molecule has 0 atom stereocenters. The molecule has 104 valence electrons. The zero-order valence-electron chi connectivity index (χ0n) is 10.9. The quantitative estimate of drug-likeness (QED) is 0.630. The van der Waals surface area contributed by atoms with E-state index < -0.39 is 5.97 Å². The molecule has 6 nitrogen and oxygen atoms in total. The summed E-state index contributed by atoms with van der Waals surface area (Å²) in [5, 5.41) is 11.3. The summed E-state index contributed by atoms with van der Waals surface area (Å²) in [6.45, 7) is 0.752. The van der Waals surface area contributed by atoms with Gasteiger partial charge in [-0.15, -0.1) is 0 Å². The molecule has 0 unspecified atom stereocenters. The van der Waals surface area contributed by atoms with Crippen LogP contribution in [0.4, 0.5) is 11.4 Å². The third kappa shape index (κ3) is 4.87. The van der Waals surface area contributed by atoms with Gasteiger partial charge in [0.1, 0.15) is 0 Å². The summed E-state index contributed by atoms with van der Waals surface area (Å²) < 4.78 is 0. The molecular weight excluding hydrogens is 246 g/mol. The van der Waals surface area contributed by atoms with Gasteiger partial charge < -0.3 is 21.1 Å². The van der Waals surface area contributed by atoms with Gasteiger partial charge in [-0.25, -0.2) is 0 Å². The summed E-state index contributed by atoms with van der Waals surface area (Å²) in [5.41, 5.74) is 7.21. The molecule has 6 heteroatoms. The molecule has 0 aliphatic heterocycles. The highest BCUT2D eigenvalue weighted by Gasteiger charge is 2.12. The number of para-hydroxylation sites is 2. The van der Waals surface area contributed by atoms with E-state index in [0.29, 0.717) is 25.2 Å². The van der Waals surface area contributed by atoms with Crippen LogP contribution >= 0.6 is 0 Å². The molecule has 0 aliphatic rings. The van der Waals surface area contributed by atoms with Gasteiger partial charge in [0, 0.05) is 26.6 Å². The monoisotopic (exact) mass is 265 g/mol. The summed E-state index contributed by atoms with van der Waals surface area (Å²) in [6.07, 6.45) is 0.298. The number of rotatable bonds is 7. The number of carboxylic acids is 1. The van der Waals surface area contributed by atoms with Crippen LogP contribution in [0.5, 0.6) is 0 Å². The molecule has 0 heterocycles. The number of carbonyl (C=O) groups excluding carboxylic acids is 1. The minimum atomic E-state index is -0.876. The maximum Gasteiger partial charge on any atom is 0.305 e. The molecule has 0 saturated carbocycles. The van der Waals surface area contributed by atoms with Crippen molar-refractivity contribution in [2.45, 2.75) is 12.8 Å². The third-order valence-electron chi connectivity index (χ3n) is 2.76. The van der Waals surface area contributed by atoms with Gasteiger partial charge in [-0.05, 0) is 12.1 Å². The Labute approximate surface area is 112 Å². The molecule has 0 saturated heterocycles. The number of amides is 1. The molecule has 0 spiro atoms. The fraction of sp³-hybridized carbons (Fsp3) is 0.385. The highest BCUT2D eigenvalue weighted by Crippen LogP contribution is 2.22. The molecule has 1 aromatic carbocycles. The van der Waals surface area contributed by atoms with Gasteiger partial charge in [-0.3, -0.25) is 9.59 Å². The molecule has 0 radical (unpaired) electrons. The molecule has 19 heavy (non-hydrogen) atoms. The Morgan fingerprint density at radius 3 is 2.47 bits per heavy atom. The number of hydrogen-bond donors (Lipinski definition) is 3. The van der Waals surface area contributed by atoms with Gasteiger partial charge >= 0.3 is 5.97 Å². The lowest BCUT2D eigenvalue weighted by molar-refractivity contribution is -0.136. The van der Waals surface area contributed by atoms with Crippen LogP contribution < -0.4 is 16.0 Å². The Bertz CT molecular complexity index is 449. The van der Waals surface area contributed by atoms with Crippen LogP contribution in [0.2, 0.25) is 0 Å². The minimum Gasteiger partial charge on any atom is -0.481 e. The first-order chi connectivity index (χ1) is 9.04. The summed E-state index contributed by atoms with van der Waals surface area (Å²) >= 11 is 0. The van der Waals surface area contributed by atoms with Gasteiger partial charge in [0.15, 0.2) is 0 Å². The van der Waals surface area contributed by atoms with E-state index in [1.165, 1.54) is 0 Å². The average molecular weight is 265 g/mol. The number of nitrogen functional groups attached to an aromatic ring is 1. The van der Waals surface area contributed by atoms with Crippen molar-refractivity contribution in [2.24, 2.45) is 0 Å². The third-order valence-corrected chi connectivity index (χ3v) is 2.76. The molecule has 1 aromatic rings. The first-order valence-electron chi connectivity index (χ1n) is 6.06. The second-order valence-corrected chi connectivity index (χ2v) is 4.11. The van der Waals surface area contributed by atoms with E-state index in [1.54, 1.807) is 13.1 Å². The molecule has 0 fully saturated rings. The van der Waals surface area contributed by atoms with Crippen LogP contribution in [0.3, 0.4) is 0 Å². The van der Waals surface area contributed by atoms with E-state index in [0.717, 1.165) is 5.69 Å². The molecule has 0 aromatic heterocycles. The van der Waals surface area contributed by atoms with Crippen LogP contribution in [0.25, 0.3) is 0 Å². The maximum atomic E-state index is 11.3. The van der Waals surface area contributed by atoms with E-state index in [9.17, 15) is 9.59 Å². The van der Waals surface area contributed by atoms with E-state index >= 15 is 0 Å². The Morgan fingerprint density at radius 1 is 1.26 bits per heavy atom. The van der Waals surface area contributed by atoms with Gasteiger partial charge in [0.05, 0.1) is 17.8 Å². The molecule has 4 N–H and O–H groups in total. The lowest BCUT2D eigenvalue weighted by Crippen LogP contribution is -2.31. The zero-order chi connectivity index (χ0) is 14.3. The van der Waals surface area contributed by atoms with Crippen molar-refractivity contribution in [1.82, 2.24) is 5.32 Å². The van der Waals surface area contributed by atoms with Crippen LogP contribution in [0, 0.1) is 0 Å². The summed E-state index contributed by atoms with van der Waals surface area (Å²) in [5.74, 6) is -0.964. The highest BCUT2D eigenvalue weighted by molar-refractivity contribution is 5.77. The number of nitrogens with two attached hydrogens (primary N) is 1. The van der Waals surface area contributed by atoms with Gasteiger partial charge in [0.25, 0.3) is 0 Å². The van der Waals surface area contributed by atoms with Gasteiger partial charge in [0.2, 0.25) is 5.91 Å². The van der Waals surface area contributed by atoms with Gasteiger partial charge in [-0.1, -0.05) is 12.1 Å². The van der Waals surface area contributed by atoms with Crippen LogP contribution in [-0.2, 0) is 9.59 Å². The van der Waals surface area contributed by atoms with Crippen molar-refractivity contribution >= 4 is 23.3 Å². The first kappa shape index (κ1) is 14.8. The number of nitrogens with one attached hydrogen (secondary N) is 1. The Kier molecular flexibility index (Phi) is 5.66. The number of benzene rings is 1.